The highest BCUT2D eigenvalue weighted by Crippen LogP contribution is 2.27. The Morgan fingerprint density at radius 1 is 1.11 bits per heavy atom. The van der Waals surface area contributed by atoms with Crippen molar-refractivity contribution in [1.29, 1.82) is 0 Å². The van der Waals surface area contributed by atoms with Crippen molar-refractivity contribution in [1.82, 2.24) is 9.97 Å². The molecule has 0 aliphatic heterocycles. The summed E-state index contributed by atoms with van der Waals surface area (Å²) in [4.78, 5) is 8.76. The van der Waals surface area contributed by atoms with Crippen molar-refractivity contribution in [3.63, 3.8) is 0 Å². The zero-order chi connectivity index (χ0) is 13.3. The van der Waals surface area contributed by atoms with Crippen LogP contribution in [0.15, 0.2) is 30.5 Å². The maximum atomic E-state index is 6.00. The summed E-state index contributed by atoms with van der Waals surface area (Å²) in [7, 11) is 0. The molecule has 0 aliphatic rings. The first-order valence-corrected chi connectivity index (χ1v) is 6.14. The van der Waals surface area contributed by atoms with Crippen molar-refractivity contribution >= 4 is 17.4 Å². The second-order valence-electron chi connectivity index (χ2n) is 5.25. The van der Waals surface area contributed by atoms with E-state index in [0.717, 1.165) is 17.0 Å². The minimum absolute atomic E-state index is 0.105. The Bertz CT molecular complexity index is 556. The Labute approximate surface area is 112 Å². The van der Waals surface area contributed by atoms with Gasteiger partial charge in [0.25, 0.3) is 0 Å². The monoisotopic (exact) mass is 261 g/mol. The highest BCUT2D eigenvalue weighted by atomic mass is 35.5. The van der Waals surface area contributed by atoms with E-state index < -0.39 is 0 Å². The fourth-order valence-electron chi connectivity index (χ4n) is 1.61. The molecule has 2 rings (SSSR count). The molecule has 0 atom stereocenters. The molecule has 1 heterocycles. The first-order chi connectivity index (χ1) is 8.38. The molecule has 0 saturated carbocycles. The van der Waals surface area contributed by atoms with Gasteiger partial charge < -0.3 is 5.73 Å². The van der Waals surface area contributed by atoms with Gasteiger partial charge in [0.15, 0.2) is 0 Å². The number of nitrogens with zero attached hydrogens (tertiary/aromatic N) is 2. The Balaban J connectivity index is 2.45. The molecule has 3 nitrogen and oxygen atoms in total. The van der Waals surface area contributed by atoms with Gasteiger partial charge in [-0.1, -0.05) is 44.5 Å². The number of nitrogen functional groups attached to an aromatic ring is 1. The molecule has 0 saturated heterocycles. The van der Waals surface area contributed by atoms with Crippen LogP contribution >= 0.6 is 11.6 Å². The van der Waals surface area contributed by atoms with Gasteiger partial charge in [-0.15, -0.1) is 0 Å². The molecule has 2 N–H and O–H groups in total. The number of halogens is 1. The molecule has 0 bridgehead atoms. The van der Waals surface area contributed by atoms with Crippen LogP contribution in [-0.2, 0) is 5.41 Å². The molecular formula is C14H16ClN3. The van der Waals surface area contributed by atoms with Crippen molar-refractivity contribution < 1.29 is 0 Å². The fourth-order valence-corrected chi connectivity index (χ4v) is 1.73. The number of rotatable bonds is 1. The van der Waals surface area contributed by atoms with Crippen LogP contribution in [0.5, 0.6) is 0 Å². The summed E-state index contributed by atoms with van der Waals surface area (Å²) >= 11 is 5.86. The fraction of sp³-hybridized carbons (Fsp3) is 0.286. The van der Waals surface area contributed by atoms with Gasteiger partial charge in [0.05, 0.1) is 0 Å². The Kier molecular flexibility index (Phi) is 3.26. The largest absolute Gasteiger partial charge is 0.383 e. The van der Waals surface area contributed by atoms with Crippen LogP contribution in [0.3, 0.4) is 0 Å². The maximum Gasteiger partial charge on any atom is 0.136 e. The summed E-state index contributed by atoms with van der Waals surface area (Å²) in [5.41, 5.74) is 7.70. The smallest absolute Gasteiger partial charge is 0.136 e. The number of anilines is 1. The third kappa shape index (κ3) is 2.62. The molecule has 0 amide bonds. The molecule has 0 radical (unpaired) electrons. The van der Waals surface area contributed by atoms with E-state index in [9.17, 15) is 0 Å². The predicted octanol–water partition coefficient (Wildman–Crippen LogP) is 3.68. The topological polar surface area (TPSA) is 51.8 Å². The first kappa shape index (κ1) is 12.8. The summed E-state index contributed by atoms with van der Waals surface area (Å²) < 4.78 is 0. The molecule has 2 aromatic rings. The van der Waals surface area contributed by atoms with Gasteiger partial charge in [0.1, 0.15) is 11.6 Å². The molecular weight excluding hydrogens is 246 g/mol. The van der Waals surface area contributed by atoms with Gasteiger partial charge in [-0.25, -0.2) is 9.97 Å². The predicted molar refractivity (Wildman–Crippen MR) is 75.6 cm³/mol. The van der Waals surface area contributed by atoms with E-state index in [1.165, 1.54) is 0 Å². The highest BCUT2D eigenvalue weighted by Gasteiger charge is 2.18. The van der Waals surface area contributed by atoms with Crippen molar-refractivity contribution in [2.24, 2.45) is 0 Å². The Hall–Kier alpha value is -1.61. The molecule has 94 valence electrons. The lowest BCUT2D eigenvalue weighted by atomic mass is 9.95. The molecule has 0 unspecified atom stereocenters. The van der Waals surface area contributed by atoms with Crippen molar-refractivity contribution in [2.45, 2.75) is 26.2 Å². The van der Waals surface area contributed by atoms with E-state index in [-0.39, 0.29) is 5.41 Å². The molecule has 0 aliphatic carbocycles. The summed E-state index contributed by atoms with van der Waals surface area (Å²) in [5.74, 6) is 1.25. The summed E-state index contributed by atoms with van der Waals surface area (Å²) in [5, 5.41) is 0.699. The van der Waals surface area contributed by atoms with Crippen LogP contribution in [0.25, 0.3) is 11.1 Å². The van der Waals surface area contributed by atoms with Crippen LogP contribution in [0, 0.1) is 0 Å². The maximum absolute atomic E-state index is 6.00. The average Bonchev–Trinajstić information content (AvgIpc) is 2.29. The second kappa shape index (κ2) is 4.58. The highest BCUT2D eigenvalue weighted by molar-refractivity contribution is 6.30. The van der Waals surface area contributed by atoms with E-state index >= 15 is 0 Å². The number of benzene rings is 1. The van der Waals surface area contributed by atoms with Gasteiger partial charge >= 0.3 is 0 Å². The van der Waals surface area contributed by atoms with Gasteiger partial charge in [-0.3, -0.25) is 0 Å². The van der Waals surface area contributed by atoms with E-state index in [2.05, 4.69) is 30.7 Å². The lowest BCUT2D eigenvalue weighted by Crippen LogP contribution is -2.17. The number of aromatic nitrogens is 2. The first-order valence-electron chi connectivity index (χ1n) is 5.77. The van der Waals surface area contributed by atoms with Gasteiger partial charge in [-0.2, -0.15) is 0 Å². The zero-order valence-electron chi connectivity index (χ0n) is 10.7. The third-order valence-electron chi connectivity index (χ3n) is 2.64. The molecule has 0 spiro atoms. The molecule has 4 heteroatoms. The van der Waals surface area contributed by atoms with Gasteiger partial charge in [-0.05, 0) is 17.7 Å². The number of hydrogen-bond acceptors (Lipinski definition) is 3. The summed E-state index contributed by atoms with van der Waals surface area (Å²) in [6.45, 7) is 6.18. The zero-order valence-corrected chi connectivity index (χ0v) is 11.5. The second-order valence-corrected chi connectivity index (χ2v) is 5.69. The molecule has 0 fully saturated rings. The Morgan fingerprint density at radius 2 is 1.72 bits per heavy atom. The van der Waals surface area contributed by atoms with Gasteiger partial charge in [0, 0.05) is 22.2 Å². The van der Waals surface area contributed by atoms with Crippen LogP contribution in [0.2, 0.25) is 5.02 Å². The van der Waals surface area contributed by atoms with Crippen molar-refractivity contribution in [2.75, 3.05) is 5.73 Å². The molecule has 18 heavy (non-hydrogen) atoms. The van der Waals surface area contributed by atoms with Crippen molar-refractivity contribution in [3.8, 4) is 11.1 Å². The van der Waals surface area contributed by atoms with Gasteiger partial charge in [0.2, 0.25) is 0 Å². The minimum Gasteiger partial charge on any atom is -0.383 e. The normalized spacial score (nSPS) is 11.6. The number of nitrogens with two attached hydrogens (primary N) is 1. The summed E-state index contributed by atoms with van der Waals surface area (Å²) in [6, 6.07) is 7.48. The van der Waals surface area contributed by atoms with E-state index in [4.69, 9.17) is 17.3 Å². The third-order valence-corrected chi connectivity index (χ3v) is 2.90. The standard InChI is InChI=1S/C14H16ClN3/c1-14(2,3)13-17-8-11(12(16)18-13)9-4-6-10(15)7-5-9/h4-8H,1-3H3,(H2,16,17,18). The SMILES string of the molecule is CC(C)(C)c1ncc(-c2ccc(Cl)cc2)c(N)n1. The van der Waals surface area contributed by atoms with Crippen LogP contribution in [0.4, 0.5) is 5.82 Å². The van der Waals surface area contributed by atoms with E-state index in [0.29, 0.717) is 10.8 Å². The quantitative estimate of drug-likeness (QED) is 0.852. The van der Waals surface area contributed by atoms with E-state index in [1.54, 1.807) is 6.20 Å². The Morgan fingerprint density at radius 3 is 2.22 bits per heavy atom. The van der Waals surface area contributed by atoms with E-state index in [1.807, 2.05) is 24.3 Å². The lowest BCUT2D eigenvalue weighted by molar-refractivity contribution is 0.546. The van der Waals surface area contributed by atoms with Crippen LogP contribution < -0.4 is 5.73 Å². The van der Waals surface area contributed by atoms with Crippen molar-refractivity contribution in [3.05, 3.63) is 41.3 Å². The summed E-state index contributed by atoms with van der Waals surface area (Å²) in [6.07, 6.45) is 1.77. The average molecular weight is 262 g/mol. The van der Waals surface area contributed by atoms with Crippen LogP contribution in [-0.4, -0.2) is 9.97 Å². The van der Waals surface area contributed by atoms with Crippen LogP contribution in [0.1, 0.15) is 26.6 Å². The molecule has 1 aromatic heterocycles. The lowest BCUT2D eigenvalue weighted by Gasteiger charge is -2.17. The number of hydrogen-bond donors (Lipinski definition) is 1. The molecule has 1 aromatic carbocycles. The minimum atomic E-state index is -0.105.